The molecule has 1 fully saturated rings. The topological polar surface area (TPSA) is 51.7 Å². The van der Waals surface area contributed by atoms with E-state index in [2.05, 4.69) is 43.9 Å². The number of hydrogen-bond donors (Lipinski definition) is 0. The molecule has 0 unspecified atom stereocenters. The molecule has 2 aliphatic heterocycles. The van der Waals surface area contributed by atoms with Crippen LogP contribution in [0.3, 0.4) is 0 Å². The van der Waals surface area contributed by atoms with Crippen molar-refractivity contribution in [3.05, 3.63) is 76.4 Å². The second kappa shape index (κ2) is 11.8. The van der Waals surface area contributed by atoms with Crippen LogP contribution < -0.4 is 9.64 Å². The number of nitrogens with zero attached hydrogens (tertiary/aromatic N) is 2. The fraction of sp³-hybridized carbons (Fsp3) is 0.486. The lowest BCUT2D eigenvalue weighted by atomic mass is 9.82. The van der Waals surface area contributed by atoms with Crippen LogP contribution in [0.5, 0.6) is 5.75 Å². The number of aromatic nitrogens is 1. The molecule has 0 N–H and O–H groups in total. The van der Waals surface area contributed by atoms with Crippen LogP contribution in [0.15, 0.2) is 42.5 Å². The van der Waals surface area contributed by atoms with E-state index in [4.69, 9.17) is 14.5 Å². The maximum atomic E-state index is 13.3. The van der Waals surface area contributed by atoms with Crippen LogP contribution in [0.1, 0.15) is 75.0 Å². The number of esters is 1. The Bertz CT molecular complexity index is 1400. The van der Waals surface area contributed by atoms with Gasteiger partial charge in [0.15, 0.2) is 0 Å². The Kier molecular flexibility index (Phi) is 8.40. The zero-order valence-electron chi connectivity index (χ0n) is 25.4. The van der Waals surface area contributed by atoms with Crippen LogP contribution in [0.4, 0.5) is 10.1 Å². The third-order valence-corrected chi connectivity index (χ3v) is 8.53. The molecular weight excluding hydrogens is 515 g/mol. The van der Waals surface area contributed by atoms with Crippen molar-refractivity contribution in [1.82, 2.24) is 4.98 Å². The van der Waals surface area contributed by atoms with Gasteiger partial charge in [-0.1, -0.05) is 32.0 Å². The van der Waals surface area contributed by atoms with E-state index in [-0.39, 0.29) is 30.4 Å². The van der Waals surface area contributed by atoms with Crippen LogP contribution in [-0.4, -0.2) is 36.3 Å². The van der Waals surface area contributed by atoms with Crippen LogP contribution >= 0.6 is 0 Å². The average molecular weight is 559 g/mol. The first kappa shape index (κ1) is 29.1. The average Bonchev–Trinajstić information content (AvgIpc) is 2.91. The van der Waals surface area contributed by atoms with E-state index in [1.807, 2.05) is 32.9 Å². The number of fused-ring (bicyclic) bond motifs is 1. The lowest BCUT2D eigenvalue weighted by molar-refractivity contribution is -0.146. The third-order valence-electron chi connectivity index (χ3n) is 8.53. The van der Waals surface area contributed by atoms with Crippen LogP contribution in [0.25, 0.3) is 11.1 Å². The highest BCUT2D eigenvalue weighted by atomic mass is 19.1. The highest BCUT2D eigenvalue weighted by Gasteiger charge is 2.31. The van der Waals surface area contributed by atoms with E-state index in [9.17, 15) is 9.18 Å². The lowest BCUT2D eigenvalue weighted by Crippen LogP contribution is -2.38. The summed E-state index contributed by atoms with van der Waals surface area (Å²) >= 11 is 0. The van der Waals surface area contributed by atoms with Gasteiger partial charge in [0.2, 0.25) is 0 Å². The van der Waals surface area contributed by atoms with Gasteiger partial charge < -0.3 is 14.4 Å². The number of hydrogen-bond acceptors (Lipinski definition) is 5. The molecule has 1 aromatic heterocycles. The van der Waals surface area contributed by atoms with Gasteiger partial charge in [-0.25, -0.2) is 4.39 Å². The summed E-state index contributed by atoms with van der Waals surface area (Å²) in [5.41, 5.74) is 8.71. The van der Waals surface area contributed by atoms with Crippen molar-refractivity contribution < 1.29 is 18.7 Å². The van der Waals surface area contributed by atoms with Gasteiger partial charge in [0, 0.05) is 42.0 Å². The van der Waals surface area contributed by atoms with Crippen molar-refractivity contribution >= 4 is 11.7 Å². The van der Waals surface area contributed by atoms with Crippen molar-refractivity contribution in [2.24, 2.45) is 5.41 Å². The monoisotopic (exact) mass is 558 g/mol. The molecule has 41 heavy (non-hydrogen) atoms. The molecular formula is C35H43FN2O3. The number of rotatable bonds is 7. The summed E-state index contributed by atoms with van der Waals surface area (Å²) in [4.78, 5) is 20.3. The Balaban J connectivity index is 1.49. The first-order valence-electron chi connectivity index (χ1n) is 15.0. The largest absolute Gasteiger partial charge is 0.490 e. The van der Waals surface area contributed by atoms with Crippen molar-refractivity contribution in [2.45, 2.75) is 92.3 Å². The molecule has 5 rings (SSSR count). The van der Waals surface area contributed by atoms with Crippen LogP contribution in [0.2, 0.25) is 0 Å². The Morgan fingerprint density at radius 2 is 1.80 bits per heavy atom. The first-order chi connectivity index (χ1) is 19.5. The summed E-state index contributed by atoms with van der Waals surface area (Å²) < 4.78 is 25.3. The van der Waals surface area contributed by atoms with E-state index in [1.54, 1.807) is 0 Å². The number of ether oxygens (including phenoxy) is 2. The number of carbonyl (C=O) groups excluding carboxylic acids is 1. The summed E-state index contributed by atoms with van der Waals surface area (Å²) in [7, 11) is 0. The Hall–Kier alpha value is -3.41. The molecule has 2 aromatic carbocycles. The van der Waals surface area contributed by atoms with Crippen molar-refractivity contribution in [2.75, 3.05) is 18.0 Å². The molecule has 3 aromatic rings. The van der Waals surface area contributed by atoms with Gasteiger partial charge in [0.25, 0.3) is 0 Å². The predicted octanol–water partition coefficient (Wildman–Crippen LogP) is 7.56. The minimum atomic E-state index is -0.218. The Morgan fingerprint density at radius 3 is 2.49 bits per heavy atom. The number of piperidine rings is 1. The van der Waals surface area contributed by atoms with Gasteiger partial charge >= 0.3 is 5.97 Å². The molecule has 1 atom stereocenters. The number of aryl methyl sites for hydroxylation is 3. The number of anilines is 1. The number of halogens is 1. The summed E-state index contributed by atoms with van der Waals surface area (Å²) in [5, 5.41) is 0. The maximum Gasteiger partial charge on any atom is 0.310 e. The van der Waals surface area contributed by atoms with Crippen molar-refractivity contribution in [3.63, 3.8) is 0 Å². The fourth-order valence-corrected chi connectivity index (χ4v) is 6.19. The normalized spacial score (nSPS) is 18.1. The molecule has 3 heterocycles. The molecule has 5 nitrogen and oxygen atoms in total. The minimum Gasteiger partial charge on any atom is -0.490 e. The van der Waals surface area contributed by atoms with Gasteiger partial charge in [0.05, 0.1) is 18.2 Å². The second-order valence-electron chi connectivity index (χ2n) is 12.8. The fourth-order valence-electron chi connectivity index (χ4n) is 6.19. The van der Waals surface area contributed by atoms with Crippen LogP contribution in [0, 0.1) is 25.1 Å². The minimum absolute atomic E-state index is 0.0624. The number of carbonyl (C=O) groups is 1. The van der Waals surface area contributed by atoms with E-state index in [0.29, 0.717) is 5.41 Å². The smallest absolute Gasteiger partial charge is 0.310 e. The van der Waals surface area contributed by atoms with Crippen LogP contribution in [-0.2, 0) is 28.8 Å². The van der Waals surface area contributed by atoms with E-state index in [0.717, 1.165) is 90.3 Å². The highest BCUT2D eigenvalue weighted by Crippen LogP contribution is 2.43. The Labute approximate surface area is 244 Å². The molecule has 218 valence electrons. The molecule has 0 bridgehead atoms. The van der Waals surface area contributed by atoms with E-state index >= 15 is 0 Å². The van der Waals surface area contributed by atoms with E-state index in [1.165, 1.54) is 17.7 Å². The van der Waals surface area contributed by atoms with Gasteiger partial charge in [0.1, 0.15) is 17.7 Å². The standard InChI is InChI=1S/C35H43FN2O3/c1-22(2)40-32(39)21-30-23(3)37-24(4)33(34(30)38-17-15-35(5,6)16-18-38)27-10-14-31-26(20-27)9-13-29(41-31)19-25-7-11-28(36)12-8-25/h7-8,10-12,14,20,22,29H,9,13,15-19,21H2,1-6H3/t29-/m1/s1. The zero-order chi connectivity index (χ0) is 29.3. The Morgan fingerprint density at radius 1 is 1.10 bits per heavy atom. The molecule has 0 aliphatic carbocycles. The maximum absolute atomic E-state index is 13.3. The third kappa shape index (κ3) is 6.74. The van der Waals surface area contributed by atoms with Crippen molar-refractivity contribution in [1.29, 1.82) is 0 Å². The summed E-state index contributed by atoms with van der Waals surface area (Å²) in [5.74, 6) is 0.473. The molecule has 1 saturated heterocycles. The van der Waals surface area contributed by atoms with E-state index < -0.39 is 0 Å². The summed E-state index contributed by atoms with van der Waals surface area (Å²) in [6, 6.07) is 13.1. The molecule has 0 radical (unpaired) electrons. The summed E-state index contributed by atoms with van der Waals surface area (Å²) in [6.07, 6.45) is 4.87. The predicted molar refractivity (Wildman–Crippen MR) is 162 cm³/mol. The molecule has 0 spiro atoms. The number of pyridine rings is 1. The molecule has 0 saturated carbocycles. The lowest BCUT2D eigenvalue weighted by Gasteiger charge is -2.40. The van der Waals surface area contributed by atoms with Gasteiger partial charge in [-0.3, -0.25) is 9.78 Å². The van der Waals surface area contributed by atoms with Gasteiger partial charge in [-0.05, 0) is 99.7 Å². The van der Waals surface area contributed by atoms with Gasteiger partial charge in [-0.15, -0.1) is 0 Å². The van der Waals surface area contributed by atoms with Gasteiger partial charge in [-0.2, -0.15) is 0 Å². The number of benzene rings is 2. The molecule has 0 amide bonds. The molecule has 2 aliphatic rings. The first-order valence-corrected chi connectivity index (χ1v) is 15.0. The molecule has 6 heteroatoms. The SMILES string of the molecule is Cc1nc(C)c(-c2ccc3c(c2)CC[C@H](Cc2ccc(F)cc2)O3)c(N2CCC(C)(C)CC2)c1CC(=O)OC(C)C. The quantitative estimate of drug-likeness (QED) is 0.280. The van der Waals surface area contributed by atoms with Crippen molar-refractivity contribution in [3.8, 4) is 16.9 Å². The highest BCUT2D eigenvalue weighted by molar-refractivity contribution is 5.87. The summed E-state index contributed by atoms with van der Waals surface area (Å²) in [6.45, 7) is 14.4. The second-order valence-corrected chi connectivity index (χ2v) is 12.8. The zero-order valence-corrected chi connectivity index (χ0v) is 25.4.